The summed E-state index contributed by atoms with van der Waals surface area (Å²) in [7, 11) is 1.99. The first-order valence-corrected chi connectivity index (χ1v) is 9.21. The molecule has 1 amide bonds. The van der Waals surface area contributed by atoms with E-state index in [0.717, 1.165) is 42.1 Å². The van der Waals surface area contributed by atoms with Crippen LogP contribution in [0.15, 0.2) is 42.6 Å². The highest BCUT2D eigenvalue weighted by Gasteiger charge is 2.19. The lowest BCUT2D eigenvalue weighted by atomic mass is 10.1. The van der Waals surface area contributed by atoms with E-state index in [1.165, 1.54) is 12.1 Å². The molecule has 3 aromatic rings. The van der Waals surface area contributed by atoms with Gasteiger partial charge in [0.25, 0.3) is 0 Å². The third kappa shape index (κ3) is 3.63. The molecule has 3 heterocycles. The van der Waals surface area contributed by atoms with Crippen molar-refractivity contribution >= 4 is 17.4 Å². The zero-order chi connectivity index (χ0) is 18.8. The second-order valence-corrected chi connectivity index (χ2v) is 6.87. The van der Waals surface area contributed by atoms with E-state index in [1.54, 1.807) is 22.8 Å². The number of aromatic nitrogens is 3. The number of halogens is 1. The van der Waals surface area contributed by atoms with Gasteiger partial charge in [0.15, 0.2) is 5.65 Å². The van der Waals surface area contributed by atoms with Crippen molar-refractivity contribution in [2.24, 2.45) is 0 Å². The Morgan fingerprint density at radius 3 is 2.78 bits per heavy atom. The Morgan fingerprint density at radius 2 is 2.00 bits per heavy atom. The highest BCUT2D eigenvalue weighted by molar-refractivity contribution is 5.76. The summed E-state index contributed by atoms with van der Waals surface area (Å²) < 4.78 is 15.0. The number of likely N-dealkylation sites (tertiary alicyclic amines) is 1. The summed E-state index contributed by atoms with van der Waals surface area (Å²) in [5, 5.41) is 4.37. The molecule has 0 unspecified atom stereocenters. The van der Waals surface area contributed by atoms with Gasteiger partial charge in [-0.25, -0.2) is 9.37 Å². The molecule has 4 rings (SSSR count). The summed E-state index contributed by atoms with van der Waals surface area (Å²) in [5.74, 6) is 0.849. The molecule has 1 aliphatic heterocycles. The number of fused-ring (bicyclic) bond motifs is 1. The van der Waals surface area contributed by atoms with E-state index in [4.69, 9.17) is 0 Å². The summed E-state index contributed by atoms with van der Waals surface area (Å²) in [6.07, 6.45) is 4.42. The Labute approximate surface area is 157 Å². The van der Waals surface area contributed by atoms with Gasteiger partial charge in [-0.3, -0.25) is 4.79 Å². The number of likely N-dealkylation sites (N-methyl/N-ethyl adjacent to an activating group) is 1. The minimum absolute atomic E-state index is 0.237. The van der Waals surface area contributed by atoms with E-state index in [2.05, 4.69) is 15.0 Å². The Bertz CT molecular complexity index is 953. The molecule has 0 N–H and O–H groups in total. The molecule has 1 aromatic carbocycles. The predicted octanol–water partition coefficient (Wildman–Crippen LogP) is 2.98. The summed E-state index contributed by atoms with van der Waals surface area (Å²) in [5.41, 5.74) is 2.34. The lowest BCUT2D eigenvalue weighted by Gasteiger charge is -2.29. The van der Waals surface area contributed by atoms with Crippen LogP contribution in [0.2, 0.25) is 0 Å². The van der Waals surface area contributed by atoms with Gasteiger partial charge in [0.2, 0.25) is 5.91 Å². The van der Waals surface area contributed by atoms with Gasteiger partial charge in [-0.2, -0.15) is 9.61 Å². The highest BCUT2D eigenvalue weighted by Crippen LogP contribution is 2.24. The summed E-state index contributed by atoms with van der Waals surface area (Å²) in [6, 6.07) is 10.1. The quantitative estimate of drug-likeness (QED) is 0.696. The third-order valence-electron chi connectivity index (χ3n) is 5.00. The Balaban J connectivity index is 1.60. The lowest BCUT2D eigenvalue weighted by molar-refractivity contribution is -0.133. The molecule has 6 nitrogen and oxygen atoms in total. The number of amides is 1. The maximum atomic E-state index is 13.2. The highest BCUT2D eigenvalue weighted by atomic mass is 19.1. The van der Waals surface area contributed by atoms with E-state index in [-0.39, 0.29) is 11.7 Å². The van der Waals surface area contributed by atoms with Crippen LogP contribution in [0.3, 0.4) is 0 Å². The number of hydrogen-bond donors (Lipinski definition) is 0. The van der Waals surface area contributed by atoms with Crippen molar-refractivity contribution < 1.29 is 9.18 Å². The van der Waals surface area contributed by atoms with Crippen LogP contribution in [0, 0.1) is 5.82 Å². The molecule has 140 valence electrons. The SMILES string of the molecule is CN(CCN1CCCCC1=O)c1cc(-c2ccc(F)cc2)nc2ccnn12. The molecule has 1 saturated heterocycles. The van der Waals surface area contributed by atoms with E-state index in [9.17, 15) is 9.18 Å². The summed E-state index contributed by atoms with van der Waals surface area (Å²) in [6.45, 7) is 2.22. The number of rotatable bonds is 5. The second-order valence-electron chi connectivity index (χ2n) is 6.87. The first-order chi connectivity index (χ1) is 13.1. The van der Waals surface area contributed by atoms with Crippen LogP contribution in [0.4, 0.5) is 10.2 Å². The van der Waals surface area contributed by atoms with Crippen molar-refractivity contribution in [2.75, 3.05) is 31.6 Å². The fourth-order valence-corrected chi connectivity index (χ4v) is 3.42. The van der Waals surface area contributed by atoms with Crippen molar-refractivity contribution in [3.63, 3.8) is 0 Å². The Morgan fingerprint density at radius 1 is 1.19 bits per heavy atom. The number of carbonyl (C=O) groups is 1. The van der Waals surface area contributed by atoms with Crippen molar-refractivity contribution in [1.29, 1.82) is 0 Å². The molecule has 1 aliphatic rings. The fourth-order valence-electron chi connectivity index (χ4n) is 3.42. The van der Waals surface area contributed by atoms with Crippen molar-refractivity contribution in [1.82, 2.24) is 19.5 Å². The molecular formula is C20H22FN5O. The maximum absolute atomic E-state index is 13.2. The number of hydrogen-bond acceptors (Lipinski definition) is 4. The molecule has 27 heavy (non-hydrogen) atoms. The maximum Gasteiger partial charge on any atom is 0.222 e. The number of anilines is 1. The van der Waals surface area contributed by atoms with Crippen LogP contribution in [0.25, 0.3) is 16.9 Å². The molecule has 0 saturated carbocycles. The Kier molecular flexibility index (Phi) is 4.75. The molecule has 1 fully saturated rings. The van der Waals surface area contributed by atoms with Crippen molar-refractivity contribution in [2.45, 2.75) is 19.3 Å². The smallest absolute Gasteiger partial charge is 0.222 e. The molecule has 0 aliphatic carbocycles. The zero-order valence-corrected chi connectivity index (χ0v) is 15.3. The van der Waals surface area contributed by atoms with E-state index < -0.39 is 0 Å². The average molecular weight is 367 g/mol. The van der Waals surface area contributed by atoms with Gasteiger partial charge in [0.05, 0.1) is 11.9 Å². The van der Waals surface area contributed by atoms with Gasteiger partial charge in [-0.1, -0.05) is 0 Å². The predicted molar refractivity (Wildman–Crippen MR) is 102 cm³/mol. The van der Waals surface area contributed by atoms with Gasteiger partial charge in [-0.05, 0) is 37.1 Å². The van der Waals surface area contributed by atoms with Crippen molar-refractivity contribution in [3.8, 4) is 11.3 Å². The number of nitrogens with zero attached hydrogens (tertiary/aromatic N) is 5. The van der Waals surface area contributed by atoms with Crippen LogP contribution in [-0.4, -0.2) is 52.1 Å². The largest absolute Gasteiger partial charge is 0.358 e. The van der Waals surface area contributed by atoms with Crippen LogP contribution in [0.5, 0.6) is 0 Å². The number of benzene rings is 1. The van der Waals surface area contributed by atoms with Gasteiger partial charge < -0.3 is 9.80 Å². The first kappa shape index (κ1) is 17.5. The van der Waals surface area contributed by atoms with Crippen LogP contribution < -0.4 is 4.90 Å². The van der Waals surface area contributed by atoms with Gasteiger partial charge in [-0.15, -0.1) is 0 Å². The molecule has 0 radical (unpaired) electrons. The van der Waals surface area contributed by atoms with Gasteiger partial charge in [0, 0.05) is 50.8 Å². The zero-order valence-electron chi connectivity index (χ0n) is 15.3. The molecular weight excluding hydrogens is 345 g/mol. The monoisotopic (exact) mass is 367 g/mol. The van der Waals surface area contributed by atoms with E-state index >= 15 is 0 Å². The van der Waals surface area contributed by atoms with Crippen molar-refractivity contribution in [3.05, 3.63) is 48.4 Å². The van der Waals surface area contributed by atoms with Crippen LogP contribution in [-0.2, 0) is 4.79 Å². The standard InChI is InChI=1S/C20H22FN5O/c1-24(12-13-25-11-3-2-4-20(25)27)19-14-17(15-5-7-16(21)8-6-15)23-18-9-10-22-26(18)19/h5-10,14H,2-4,11-13H2,1H3. The van der Waals surface area contributed by atoms with E-state index in [0.29, 0.717) is 19.5 Å². The summed E-state index contributed by atoms with van der Waals surface area (Å²) >= 11 is 0. The normalized spacial score (nSPS) is 14.7. The van der Waals surface area contributed by atoms with E-state index in [1.807, 2.05) is 24.1 Å². The fraction of sp³-hybridized carbons (Fsp3) is 0.350. The summed E-state index contributed by atoms with van der Waals surface area (Å²) in [4.78, 5) is 20.7. The van der Waals surface area contributed by atoms with Gasteiger partial charge in [0.1, 0.15) is 11.6 Å². The first-order valence-electron chi connectivity index (χ1n) is 9.21. The lowest BCUT2D eigenvalue weighted by Crippen LogP contribution is -2.40. The van der Waals surface area contributed by atoms with Gasteiger partial charge >= 0.3 is 0 Å². The molecule has 0 bridgehead atoms. The average Bonchev–Trinajstić information content (AvgIpc) is 3.15. The third-order valence-corrected chi connectivity index (χ3v) is 5.00. The van der Waals surface area contributed by atoms with Crippen LogP contribution >= 0.6 is 0 Å². The minimum Gasteiger partial charge on any atom is -0.358 e. The Hall–Kier alpha value is -2.96. The molecule has 7 heteroatoms. The number of carbonyl (C=O) groups excluding carboxylic acids is 1. The number of piperidine rings is 1. The molecule has 0 atom stereocenters. The van der Waals surface area contributed by atoms with Crippen LogP contribution in [0.1, 0.15) is 19.3 Å². The molecule has 0 spiro atoms. The molecule has 2 aromatic heterocycles. The topological polar surface area (TPSA) is 53.7 Å². The second kappa shape index (κ2) is 7.34. The minimum atomic E-state index is -0.271.